The molecule has 2 atom stereocenters. The Morgan fingerprint density at radius 3 is 2.79 bits per heavy atom. The van der Waals surface area contributed by atoms with Crippen molar-refractivity contribution in [1.29, 1.82) is 0 Å². The Bertz CT molecular complexity index is 474. The smallest absolute Gasteiger partial charge is 0.313 e. The van der Waals surface area contributed by atoms with Gasteiger partial charge in [-0.3, -0.25) is 0 Å². The van der Waals surface area contributed by atoms with Gasteiger partial charge >= 0.3 is 6.18 Å². The maximum atomic E-state index is 12.9. The largest absolute Gasteiger partial charge is 0.393 e. The number of aryl methyl sites for hydroxylation is 1. The maximum absolute atomic E-state index is 12.9. The second-order valence-corrected chi connectivity index (χ2v) is 5.69. The third-order valence-electron chi connectivity index (χ3n) is 4.27. The second-order valence-electron chi connectivity index (χ2n) is 5.69. The van der Waals surface area contributed by atoms with Gasteiger partial charge in [-0.05, 0) is 32.7 Å². The van der Waals surface area contributed by atoms with Gasteiger partial charge in [-0.25, -0.2) is 0 Å². The van der Waals surface area contributed by atoms with Gasteiger partial charge in [0.25, 0.3) is 0 Å². The van der Waals surface area contributed by atoms with E-state index in [0.29, 0.717) is 18.1 Å². The highest BCUT2D eigenvalue weighted by Gasteiger charge is 2.44. The summed E-state index contributed by atoms with van der Waals surface area (Å²) in [7, 11) is 0. The number of hydrogen-bond donors (Lipinski definition) is 1. The zero-order valence-electron chi connectivity index (χ0n) is 10.8. The van der Waals surface area contributed by atoms with Crippen molar-refractivity contribution in [1.82, 2.24) is 20.1 Å². The molecule has 2 aliphatic heterocycles. The fourth-order valence-electron chi connectivity index (χ4n) is 3.09. The molecule has 0 aliphatic carbocycles. The summed E-state index contributed by atoms with van der Waals surface area (Å²) in [6, 6.07) is 0. The van der Waals surface area contributed by atoms with Crippen LogP contribution in [0.1, 0.15) is 37.8 Å². The highest BCUT2D eigenvalue weighted by molar-refractivity contribution is 5.12. The van der Waals surface area contributed by atoms with Crippen molar-refractivity contribution in [3.05, 3.63) is 11.6 Å². The van der Waals surface area contributed by atoms with Crippen LogP contribution < -0.4 is 5.32 Å². The lowest BCUT2D eigenvalue weighted by atomic mass is 9.95. The van der Waals surface area contributed by atoms with E-state index < -0.39 is 12.1 Å². The number of hydrogen-bond acceptors (Lipinski definition) is 3. The molecular formula is C12H17F3N4. The zero-order valence-corrected chi connectivity index (χ0v) is 10.8. The van der Waals surface area contributed by atoms with E-state index in [9.17, 15) is 13.2 Å². The van der Waals surface area contributed by atoms with Crippen LogP contribution in [0, 0.1) is 5.92 Å². The molecule has 1 saturated heterocycles. The van der Waals surface area contributed by atoms with E-state index in [1.807, 2.05) is 6.92 Å². The normalized spacial score (nSPS) is 31.5. The van der Waals surface area contributed by atoms with Gasteiger partial charge in [0.2, 0.25) is 0 Å². The monoisotopic (exact) mass is 274 g/mol. The first-order valence-electron chi connectivity index (χ1n) is 6.64. The van der Waals surface area contributed by atoms with Crippen LogP contribution in [0.3, 0.4) is 0 Å². The SMILES string of the molecule is CC1(c2nnc3n2CC(C(F)(F)F)CC3)CCCN1. The summed E-state index contributed by atoms with van der Waals surface area (Å²) < 4.78 is 40.3. The number of alkyl halides is 3. The van der Waals surface area contributed by atoms with E-state index in [1.54, 1.807) is 4.57 Å². The quantitative estimate of drug-likeness (QED) is 0.851. The summed E-state index contributed by atoms with van der Waals surface area (Å²) >= 11 is 0. The van der Waals surface area contributed by atoms with Crippen molar-refractivity contribution in [2.45, 2.75) is 50.9 Å². The van der Waals surface area contributed by atoms with Gasteiger partial charge in [-0.2, -0.15) is 13.2 Å². The number of nitrogens with zero attached hydrogens (tertiary/aromatic N) is 3. The molecule has 0 spiro atoms. The number of fused-ring (bicyclic) bond motifs is 1. The molecule has 3 rings (SSSR count). The van der Waals surface area contributed by atoms with E-state index in [2.05, 4.69) is 15.5 Å². The predicted molar refractivity (Wildman–Crippen MR) is 62.5 cm³/mol. The molecule has 1 N–H and O–H groups in total. The molecule has 0 amide bonds. The molecule has 2 unspecified atom stereocenters. The fraction of sp³-hybridized carbons (Fsp3) is 0.833. The highest BCUT2D eigenvalue weighted by atomic mass is 19.4. The Morgan fingerprint density at radius 2 is 2.16 bits per heavy atom. The Hall–Kier alpha value is -1.11. The maximum Gasteiger partial charge on any atom is 0.393 e. The van der Waals surface area contributed by atoms with E-state index in [-0.39, 0.29) is 18.5 Å². The van der Waals surface area contributed by atoms with E-state index in [1.165, 1.54) is 0 Å². The van der Waals surface area contributed by atoms with Gasteiger partial charge in [-0.15, -0.1) is 10.2 Å². The number of rotatable bonds is 1. The van der Waals surface area contributed by atoms with Crippen LogP contribution in [0.5, 0.6) is 0 Å². The van der Waals surface area contributed by atoms with Crippen LogP contribution in [0.15, 0.2) is 0 Å². The molecule has 0 saturated carbocycles. The molecule has 1 aromatic heterocycles. The molecule has 7 heteroatoms. The minimum absolute atomic E-state index is 0.0432. The predicted octanol–water partition coefficient (Wildman–Crippen LogP) is 2.00. The minimum Gasteiger partial charge on any atom is -0.313 e. The molecule has 19 heavy (non-hydrogen) atoms. The van der Waals surface area contributed by atoms with Crippen LogP contribution in [-0.2, 0) is 18.5 Å². The van der Waals surface area contributed by atoms with Gasteiger partial charge in [0.15, 0.2) is 5.82 Å². The Balaban J connectivity index is 1.93. The van der Waals surface area contributed by atoms with Crippen LogP contribution in [0.2, 0.25) is 0 Å². The molecule has 0 aromatic carbocycles. The summed E-state index contributed by atoms with van der Waals surface area (Å²) in [5.74, 6) is 0.0686. The van der Waals surface area contributed by atoms with E-state index in [4.69, 9.17) is 0 Å². The number of aromatic nitrogens is 3. The summed E-state index contributed by atoms with van der Waals surface area (Å²) in [6.07, 6.45) is -1.76. The van der Waals surface area contributed by atoms with Crippen LogP contribution in [0.4, 0.5) is 13.2 Å². The second kappa shape index (κ2) is 4.19. The van der Waals surface area contributed by atoms with Crippen molar-refractivity contribution < 1.29 is 13.2 Å². The van der Waals surface area contributed by atoms with Crippen molar-refractivity contribution >= 4 is 0 Å². The lowest BCUT2D eigenvalue weighted by Gasteiger charge is -2.30. The van der Waals surface area contributed by atoms with E-state index >= 15 is 0 Å². The van der Waals surface area contributed by atoms with Crippen molar-refractivity contribution in [3.8, 4) is 0 Å². The standard InChI is InChI=1S/C12H17F3N4/c1-11(5-2-6-16-11)10-18-17-9-4-3-8(7-19(9)10)12(13,14)15/h8,16H,2-7H2,1H3. The molecule has 1 aromatic rings. The molecule has 1 fully saturated rings. The summed E-state index contributed by atoms with van der Waals surface area (Å²) in [4.78, 5) is 0. The van der Waals surface area contributed by atoms with Gasteiger partial charge in [0, 0.05) is 13.0 Å². The van der Waals surface area contributed by atoms with E-state index in [0.717, 1.165) is 19.4 Å². The summed E-state index contributed by atoms with van der Waals surface area (Å²) in [5, 5.41) is 11.6. The lowest BCUT2D eigenvalue weighted by Crippen LogP contribution is -2.39. The number of halogens is 3. The van der Waals surface area contributed by atoms with Gasteiger partial charge in [-0.1, -0.05) is 0 Å². The summed E-state index contributed by atoms with van der Waals surface area (Å²) in [5.41, 5.74) is -0.335. The molecule has 4 nitrogen and oxygen atoms in total. The van der Waals surface area contributed by atoms with Crippen molar-refractivity contribution in [2.24, 2.45) is 5.92 Å². The first-order chi connectivity index (χ1) is 8.90. The van der Waals surface area contributed by atoms with Crippen molar-refractivity contribution in [2.75, 3.05) is 6.54 Å². The van der Waals surface area contributed by atoms with Gasteiger partial charge < -0.3 is 9.88 Å². The molecule has 3 heterocycles. The molecule has 2 aliphatic rings. The highest BCUT2D eigenvalue weighted by Crippen LogP contribution is 2.37. The molecule has 106 valence electrons. The first kappa shape index (κ1) is 12.9. The lowest BCUT2D eigenvalue weighted by molar-refractivity contribution is -0.182. The fourth-order valence-corrected chi connectivity index (χ4v) is 3.09. The Kier molecular flexibility index (Phi) is 2.85. The molecule has 0 bridgehead atoms. The van der Waals surface area contributed by atoms with Crippen molar-refractivity contribution in [3.63, 3.8) is 0 Å². The topological polar surface area (TPSA) is 42.7 Å². The summed E-state index contributed by atoms with van der Waals surface area (Å²) in [6.45, 7) is 2.83. The Morgan fingerprint density at radius 1 is 1.37 bits per heavy atom. The third-order valence-corrected chi connectivity index (χ3v) is 4.27. The van der Waals surface area contributed by atoms with Gasteiger partial charge in [0.1, 0.15) is 5.82 Å². The van der Waals surface area contributed by atoms with Crippen LogP contribution in [-0.4, -0.2) is 27.5 Å². The average Bonchev–Trinajstić information content (AvgIpc) is 2.93. The molecule has 0 radical (unpaired) electrons. The van der Waals surface area contributed by atoms with Crippen LogP contribution in [0.25, 0.3) is 0 Å². The third kappa shape index (κ3) is 2.13. The number of nitrogens with one attached hydrogen (secondary N) is 1. The van der Waals surface area contributed by atoms with Crippen LogP contribution >= 0.6 is 0 Å². The minimum atomic E-state index is -4.14. The molecular weight excluding hydrogens is 257 g/mol. The zero-order chi connectivity index (χ0) is 13.7. The Labute approximate surface area is 109 Å². The average molecular weight is 274 g/mol. The first-order valence-corrected chi connectivity index (χ1v) is 6.64. The van der Waals surface area contributed by atoms with Gasteiger partial charge in [0.05, 0.1) is 11.5 Å².